The highest BCUT2D eigenvalue weighted by Gasteiger charge is 2.08. The lowest BCUT2D eigenvalue weighted by molar-refractivity contribution is 0.0601. The number of phenols is 1. The van der Waals surface area contributed by atoms with E-state index < -0.39 is 5.97 Å². The summed E-state index contributed by atoms with van der Waals surface area (Å²) in [5.41, 5.74) is 2.53. The van der Waals surface area contributed by atoms with Crippen molar-refractivity contribution in [1.29, 1.82) is 0 Å². The fourth-order valence-corrected chi connectivity index (χ4v) is 1.84. The summed E-state index contributed by atoms with van der Waals surface area (Å²) < 4.78 is 4.67. The van der Waals surface area contributed by atoms with Gasteiger partial charge in [-0.2, -0.15) is 0 Å². The van der Waals surface area contributed by atoms with Gasteiger partial charge >= 0.3 is 5.97 Å². The third-order valence-electron chi connectivity index (χ3n) is 2.87. The SMILES string of the molecule is COC(=O)c1cccc(-c2ccc(O)c(CO)c2)c1. The highest BCUT2D eigenvalue weighted by molar-refractivity contribution is 5.91. The third kappa shape index (κ3) is 2.74. The molecule has 2 N–H and O–H groups in total. The van der Waals surface area contributed by atoms with Crippen LogP contribution in [0.4, 0.5) is 0 Å². The monoisotopic (exact) mass is 258 g/mol. The van der Waals surface area contributed by atoms with Gasteiger partial charge in [-0.15, -0.1) is 0 Å². The van der Waals surface area contributed by atoms with E-state index in [1.807, 2.05) is 6.07 Å². The van der Waals surface area contributed by atoms with Crippen LogP contribution in [-0.2, 0) is 11.3 Å². The molecule has 4 nitrogen and oxygen atoms in total. The van der Waals surface area contributed by atoms with E-state index in [1.54, 1.807) is 30.3 Å². The second-order valence-electron chi connectivity index (χ2n) is 4.07. The fraction of sp³-hybridized carbons (Fsp3) is 0.133. The van der Waals surface area contributed by atoms with Crippen LogP contribution in [0.25, 0.3) is 11.1 Å². The Morgan fingerprint density at radius 1 is 1.16 bits per heavy atom. The minimum Gasteiger partial charge on any atom is -0.508 e. The van der Waals surface area contributed by atoms with Gasteiger partial charge in [0, 0.05) is 5.56 Å². The lowest BCUT2D eigenvalue weighted by atomic mass is 10.0. The van der Waals surface area contributed by atoms with Crippen molar-refractivity contribution in [2.24, 2.45) is 0 Å². The number of carbonyl (C=O) groups is 1. The van der Waals surface area contributed by atoms with Gasteiger partial charge in [-0.05, 0) is 35.4 Å². The van der Waals surface area contributed by atoms with Crippen LogP contribution in [0.5, 0.6) is 5.75 Å². The number of carbonyl (C=O) groups excluding carboxylic acids is 1. The van der Waals surface area contributed by atoms with Gasteiger partial charge in [0.25, 0.3) is 0 Å². The number of aromatic hydroxyl groups is 1. The van der Waals surface area contributed by atoms with Crippen molar-refractivity contribution >= 4 is 5.97 Å². The van der Waals surface area contributed by atoms with Gasteiger partial charge in [-0.25, -0.2) is 4.79 Å². The van der Waals surface area contributed by atoms with E-state index in [1.165, 1.54) is 13.2 Å². The van der Waals surface area contributed by atoms with Crippen molar-refractivity contribution in [2.75, 3.05) is 7.11 Å². The van der Waals surface area contributed by atoms with Crippen molar-refractivity contribution in [1.82, 2.24) is 0 Å². The number of benzene rings is 2. The van der Waals surface area contributed by atoms with Crippen molar-refractivity contribution in [3.8, 4) is 16.9 Å². The van der Waals surface area contributed by atoms with Crippen LogP contribution in [0.15, 0.2) is 42.5 Å². The Kier molecular flexibility index (Phi) is 3.82. The number of methoxy groups -OCH3 is 1. The molecule has 2 aromatic rings. The molecule has 98 valence electrons. The maximum absolute atomic E-state index is 11.5. The third-order valence-corrected chi connectivity index (χ3v) is 2.87. The van der Waals surface area contributed by atoms with Gasteiger partial charge in [0.15, 0.2) is 0 Å². The van der Waals surface area contributed by atoms with E-state index in [0.717, 1.165) is 11.1 Å². The molecule has 19 heavy (non-hydrogen) atoms. The Hall–Kier alpha value is -2.33. The standard InChI is InChI=1S/C15H14O4/c1-19-15(18)12-4-2-3-10(7-12)11-5-6-14(17)13(8-11)9-16/h2-8,16-17H,9H2,1H3. The zero-order valence-electron chi connectivity index (χ0n) is 10.5. The topological polar surface area (TPSA) is 66.8 Å². The molecule has 0 saturated carbocycles. The summed E-state index contributed by atoms with van der Waals surface area (Å²) in [5, 5.41) is 18.7. The van der Waals surface area contributed by atoms with Crippen LogP contribution >= 0.6 is 0 Å². The first kappa shape index (κ1) is 13.1. The first-order valence-corrected chi connectivity index (χ1v) is 5.77. The number of hydrogen-bond acceptors (Lipinski definition) is 4. The molecule has 0 aromatic heterocycles. The normalized spacial score (nSPS) is 10.2. The van der Waals surface area contributed by atoms with Crippen molar-refractivity contribution in [3.05, 3.63) is 53.6 Å². The summed E-state index contributed by atoms with van der Waals surface area (Å²) in [4.78, 5) is 11.5. The molecular weight excluding hydrogens is 244 g/mol. The zero-order valence-corrected chi connectivity index (χ0v) is 10.5. The van der Waals surface area contributed by atoms with E-state index in [9.17, 15) is 9.90 Å². The summed E-state index contributed by atoms with van der Waals surface area (Å²) >= 11 is 0. The molecule has 0 aliphatic rings. The van der Waals surface area contributed by atoms with Crippen LogP contribution < -0.4 is 0 Å². The first-order chi connectivity index (χ1) is 9.15. The quantitative estimate of drug-likeness (QED) is 0.829. The Morgan fingerprint density at radius 2 is 1.89 bits per heavy atom. The number of esters is 1. The summed E-state index contributed by atoms with van der Waals surface area (Å²) in [6.45, 7) is -0.240. The molecule has 0 bridgehead atoms. The average molecular weight is 258 g/mol. The van der Waals surface area contributed by atoms with Gasteiger partial charge in [-0.1, -0.05) is 18.2 Å². The number of aliphatic hydroxyl groups excluding tert-OH is 1. The van der Waals surface area contributed by atoms with E-state index in [0.29, 0.717) is 11.1 Å². The van der Waals surface area contributed by atoms with Crippen molar-refractivity contribution < 1.29 is 19.7 Å². The summed E-state index contributed by atoms with van der Waals surface area (Å²) in [6, 6.07) is 11.9. The Bertz CT molecular complexity index is 605. The molecule has 4 heteroatoms. The van der Waals surface area contributed by atoms with Crippen LogP contribution in [0.3, 0.4) is 0 Å². The van der Waals surface area contributed by atoms with Crippen LogP contribution in [0.2, 0.25) is 0 Å². The van der Waals surface area contributed by atoms with Crippen LogP contribution in [0.1, 0.15) is 15.9 Å². The number of hydrogen-bond donors (Lipinski definition) is 2. The van der Waals surface area contributed by atoms with Gasteiger partial charge < -0.3 is 14.9 Å². The molecule has 0 unspecified atom stereocenters. The Labute approximate surface area is 110 Å². The highest BCUT2D eigenvalue weighted by atomic mass is 16.5. The molecule has 2 aromatic carbocycles. The summed E-state index contributed by atoms with van der Waals surface area (Å²) in [5.74, 6) is -0.349. The molecule has 2 rings (SSSR count). The maximum atomic E-state index is 11.5. The van der Waals surface area contributed by atoms with Crippen molar-refractivity contribution in [3.63, 3.8) is 0 Å². The second kappa shape index (κ2) is 5.54. The van der Waals surface area contributed by atoms with Gasteiger partial charge in [-0.3, -0.25) is 0 Å². The maximum Gasteiger partial charge on any atom is 0.337 e. The predicted octanol–water partition coefficient (Wildman–Crippen LogP) is 2.34. The molecule has 0 aliphatic carbocycles. The molecule has 0 heterocycles. The summed E-state index contributed by atoms with van der Waals surface area (Å²) in [6.07, 6.45) is 0. The number of rotatable bonds is 3. The van der Waals surface area contributed by atoms with Gasteiger partial charge in [0.2, 0.25) is 0 Å². The molecule has 0 saturated heterocycles. The zero-order chi connectivity index (χ0) is 13.8. The fourth-order valence-electron chi connectivity index (χ4n) is 1.84. The van der Waals surface area contributed by atoms with Crippen molar-refractivity contribution in [2.45, 2.75) is 6.61 Å². The van der Waals surface area contributed by atoms with E-state index in [2.05, 4.69) is 4.74 Å². The summed E-state index contributed by atoms with van der Waals surface area (Å²) in [7, 11) is 1.33. The lowest BCUT2D eigenvalue weighted by Gasteiger charge is -2.07. The Balaban J connectivity index is 2.44. The largest absolute Gasteiger partial charge is 0.508 e. The molecule has 0 amide bonds. The minimum absolute atomic E-state index is 0.0513. The van der Waals surface area contributed by atoms with Crippen LogP contribution in [-0.4, -0.2) is 23.3 Å². The lowest BCUT2D eigenvalue weighted by Crippen LogP contribution is -2.00. The van der Waals surface area contributed by atoms with Gasteiger partial charge in [0.05, 0.1) is 19.3 Å². The molecule has 0 radical (unpaired) electrons. The smallest absolute Gasteiger partial charge is 0.337 e. The second-order valence-corrected chi connectivity index (χ2v) is 4.07. The average Bonchev–Trinajstić information content (AvgIpc) is 2.47. The molecule has 0 atom stereocenters. The number of aliphatic hydroxyl groups is 1. The predicted molar refractivity (Wildman–Crippen MR) is 70.8 cm³/mol. The molecule has 0 aliphatic heterocycles. The van der Waals surface area contributed by atoms with E-state index in [4.69, 9.17) is 5.11 Å². The van der Waals surface area contributed by atoms with Gasteiger partial charge in [0.1, 0.15) is 5.75 Å². The van der Waals surface area contributed by atoms with Crippen LogP contribution in [0, 0.1) is 0 Å². The molecule has 0 spiro atoms. The Morgan fingerprint density at radius 3 is 2.58 bits per heavy atom. The van der Waals surface area contributed by atoms with E-state index in [-0.39, 0.29) is 12.4 Å². The highest BCUT2D eigenvalue weighted by Crippen LogP contribution is 2.26. The molecule has 0 fully saturated rings. The number of ether oxygens (including phenoxy) is 1. The van der Waals surface area contributed by atoms with E-state index >= 15 is 0 Å². The first-order valence-electron chi connectivity index (χ1n) is 5.77. The molecular formula is C15H14O4. The minimum atomic E-state index is -0.400.